The molecule has 2 aromatic heterocycles. The van der Waals surface area contributed by atoms with Gasteiger partial charge in [0.1, 0.15) is 6.10 Å². The molecule has 1 N–H and O–H groups in total. The molecule has 1 saturated heterocycles. The van der Waals surface area contributed by atoms with E-state index in [1.54, 1.807) is 11.3 Å². The van der Waals surface area contributed by atoms with Crippen LogP contribution in [0.5, 0.6) is 0 Å². The third kappa shape index (κ3) is 3.05. The summed E-state index contributed by atoms with van der Waals surface area (Å²) in [6.45, 7) is 6.66. The Kier molecular flexibility index (Phi) is 4.55. The number of aromatic nitrogens is 2. The summed E-state index contributed by atoms with van der Waals surface area (Å²) in [7, 11) is 1.94. The minimum Gasteiger partial charge on any atom is -0.371 e. The minimum absolute atomic E-state index is 0.00603. The summed E-state index contributed by atoms with van der Waals surface area (Å²) in [6.07, 6.45) is 0.727. The van der Waals surface area contributed by atoms with Gasteiger partial charge < -0.3 is 10.1 Å². The molecule has 124 valence electrons. The molecule has 0 saturated carbocycles. The summed E-state index contributed by atoms with van der Waals surface area (Å²) in [5, 5.41) is 9.66. The summed E-state index contributed by atoms with van der Waals surface area (Å²) in [5.41, 5.74) is 3.18. The van der Waals surface area contributed by atoms with Crippen molar-refractivity contribution < 1.29 is 9.53 Å². The zero-order valence-corrected chi connectivity index (χ0v) is 14.8. The molecule has 5 nitrogen and oxygen atoms in total. The lowest BCUT2D eigenvalue weighted by atomic mass is 9.99. The smallest absolute Gasteiger partial charge is 0.228 e. The Morgan fingerprint density at radius 3 is 2.91 bits per heavy atom. The van der Waals surface area contributed by atoms with Crippen molar-refractivity contribution in [2.24, 2.45) is 7.05 Å². The second-order valence-corrected chi connectivity index (χ2v) is 7.12. The normalized spacial score (nSPS) is 22.3. The fraction of sp³-hybridized carbons (Fsp3) is 0.529. The standard InChI is InChI=1S/C17H23N3O2S/c1-10(14-6-5-9-23-14)17(21)18-13-7-8-22-16(13)15-11(2)19-20(4)12(15)3/h5-6,9-10,13,16H,7-8H2,1-4H3,(H,18,21)/t10?,13-,16-/m0/s1. The van der Waals surface area contributed by atoms with Gasteiger partial charge in [0, 0.05) is 29.8 Å². The van der Waals surface area contributed by atoms with Crippen LogP contribution in [-0.2, 0) is 16.6 Å². The van der Waals surface area contributed by atoms with E-state index in [1.807, 2.05) is 50.0 Å². The number of hydrogen-bond acceptors (Lipinski definition) is 4. The quantitative estimate of drug-likeness (QED) is 0.936. The summed E-state index contributed by atoms with van der Waals surface area (Å²) in [4.78, 5) is 13.7. The molecular weight excluding hydrogens is 310 g/mol. The van der Waals surface area contributed by atoms with Gasteiger partial charge in [-0.3, -0.25) is 9.48 Å². The fourth-order valence-corrected chi connectivity index (χ4v) is 3.98. The van der Waals surface area contributed by atoms with Crippen LogP contribution in [-0.4, -0.2) is 28.3 Å². The molecule has 1 unspecified atom stereocenters. The van der Waals surface area contributed by atoms with Crippen LogP contribution in [0.4, 0.5) is 0 Å². The molecule has 23 heavy (non-hydrogen) atoms. The van der Waals surface area contributed by atoms with E-state index < -0.39 is 0 Å². The zero-order chi connectivity index (χ0) is 16.6. The van der Waals surface area contributed by atoms with Crippen LogP contribution < -0.4 is 5.32 Å². The Hall–Kier alpha value is -1.66. The first-order valence-corrected chi connectivity index (χ1v) is 8.82. The second-order valence-electron chi connectivity index (χ2n) is 6.14. The van der Waals surface area contributed by atoms with E-state index in [-0.39, 0.29) is 24.0 Å². The molecule has 1 amide bonds. The molecule has 0 spiro atoms. The Morgan fingerprint density at radius 2 is 2.30 bits per heavy atom. The molecule has 6 heteroatoms. The molecule has 1 fully saturated rings. The van der Waals surface area contributed by atoms with Crippen molar-refractivity contribution >= 4 is 17.2 Å². The number of amides is 1. The number of rotatable bonds is 4. The number of nitrogens with zero attached hydrogens (tertiary/aromatic N) is 2. The van der Waals surface area contributed by atoms with Gasteiger partial charge in [-0.15, -0.1) is 11.3 Å². The first kappa shape index (κ1) is 16.2. The van der Waals surface area contributed by atoms with Gasteiger partial charge in [0.15, 0.2) is 0 Å². The number of nitrogens with one attached hydrogen (secondary N) is 1. The maximum absolute atomic E-state index is 12.6. The van der Waals surface area contributed by atoms with Crippen molar-refractivity contribution in [3.8, 4) is 0 Å². The number of carbonyl (C=O) groups is 1. The molecule has 3 atom stereocenters. The number of thiophene rings is 1. The van der Waals surface area contributed by atoms with Crippen molar-refractivity contribution in [2.75, 3.05) is 6.61 Å². The SMILES string of the molecule is Cc1nn(C)c(C)c1[C@H]1OCC[C@@H]1NC(=O)C(C)c1cccs1. The highest BCUT2D eigenvalue weighted by Crippen LogP contribution is 2.33. The Balaban J connectivity index is 1.76. The number of aryl methyl sites for hydroxylation is 2. The summed E-state index contributed by atoms with van der Waals surface area (Å²) >= 11 is 1.62. The molecule has 2 aromatic rings. The third-order valence-electron chi connectivity index (χ3n) is 4.63. The molecule has 3 rings (SSSR count). The first-order chi connectivity index (χ1) is 11.0. The van der Waals surface area contributed by atoms with Gasteiger partial charge in [0.25, 0.3) is 0 Å². The van der Waals surface area contributed by atoms with Crippen molar-refractivity contribution in [1.29, 1.82) is 0 Å². The van der Waals surface area contributed by atoms with E-state index in [0.29, 0.717) is 6.61 Å². The van der Waals surface area contributed by atoms with E-state index in [1.165, 1.54) is 0 Å². The van der Waals surface area contributed by atoms with Gasteiger partial charge in [0.2, 0.25) is 5.91 Å². The molecule has 1 aliphatic heterocycles. The number of hydrogen-bond donors (Lipinski definition) is 1. The van der Waals surface area contributed by atoms with Crippen molar-refractivity contribution in [3.63, 3.8) is 0 Å². The molecule has 1 aliphatic rings. The predicted octanol–water partition coefficient (Wildman–Crippen LogP) is 2.85. The van der Waals surface area contributed by atoms with Crippen molar-refractivity contribution in [3.05, 3.63) is 39.3 Å². The van der Waals surface area contributed by atoms with Crippen LogP contribution in [0.2, 0.25) is 0 Å². The Bertz CT molecular complexity index is 693. The summed E-state index contributed by atoms with van der Waals surface area (Å²) < 4.78 is 7.81. The summed E-state index contributed by atoms with van der Waals surface area (Å²) in [6, 6.07) is 3.99. The van der Waals surface area contributed by atoms with Crippen LogP contribution in [0.1, 0.15) is 47.2 Å². The lowest BCUT2D eigenvalue weighted by Crippen LogP contribution is -2.39. The van der Waals surface area contributed by atoms with Gasteiger partial charge in [-0.2, -0.15) is 5.10 Å². The average Bonchev–Trinajstić information content (AvgIpc) is 3.22. The van der Waals surface area contributed by atoms with Gasteiger partial charge in [0.05, 0.1) is 17.7 Å². The Morgan fingerprint density at radius 1 is 1.52 bits per heavy atom. The van der Waals surface area contributed by atoms with Crippen LogP contribution in [0.15, 0.2) is 17.5 Å². The van der Waals surface area contributed by atoms with E-state index in [0.717, 1.165) is 28.2 Å². The first-order valence-electron chi connectivity index (χ1n) is 7.94. The maximum Gasteiger partial charge on any atom is 0.228 e. The largest absolute Gasteiger partial charge is 0.371 e. The van der Waals surface area contributed by atoms with Gasteiger partial charge in [-0.1, -0.05) is 6.07 Å². The molecule has 0 aliphatic carbocycles. The lowest BCUT2D eigenvalue weighted by molar-refractivity contribution is -0.123. The Labute approximate surface area is 140 Å². The molecule has 0 aromatic carbocycles. The van der Waals surface area contributed by atoms with Gasteiger partial charge in [-0.05, 0) is 38.6 Å². The van der Waals surface area contributed by atoms with Crippen LogP contribution in [0.25, 0.3) is 0 Å². The number of carbonyl (C=O) groups excluding carboxylic acids is 1. The minimum atomic E-state index is -0.132. The fourth-order valence-electron chi connectivity index (χ4n) is 3.20. The average molecular weight is 333 g/mol. The highest BCUT2D eigenvalue weighted by Gasteiger charge is 2.35. The van der Waals surface area contributed by atoms with Crippen molar-refractivity contribution in [1.82, 2.24) is 15.1 Å². The van der Waals surface area contributed by atoms with E-state index in [2.05, 4.69) is 10.4 Å². The van der Waals surface area contributed by atoms with E-state index in [4.69, 9.17) is 4.74 Å². The molecular formula is C17H23N3O2S. The number of ether oxygens (including phenoxy) is 1. The van der Waals surface area contributed by atoms with Gasteiger partial charge >= 0.3 is 0 Å². The van der Waals surface area contributed by atoms with Crippen molar-refractivity contribution in [2.45, 2.75) is 45.3 Å². The van der Waals surface area contributed by atoms with E-state index in [9.17, 15) is 4.79 Å². The zero-order valence-electron chi connectivity index (χ0n) is 14.0. The third-order valence-corrected chi connectivity index (χ3v) is 5.69. The molecule has 0 radical (unpaired) electrons. The summed E-state index contributed by atoms with van der Waals surface area (Å²) in [5.74, 6) is -0.0699. The predicted molar refractivity (Wildman–Crippen MR) is 90.7 cm³/mol. The van der Waals surface area contributed by atoms with Gasteiger partial charge in [-0.25, -0.2) is 0 Å². The topological polar surface area (TPSA) is 56.1 Å². The maximum atomic E-state index is 12.6. The monoisotopic (exact) mass is 333 g/mol. The molecule has 3 heterocycles. The lowest BCUT2D eigenvalue weighted by Gasteiger charge is -2.22. The molecule has 0 bridgehead atoms. The highest BCUT2D eigenvalue weighted by atomic mass is 32.1. The highest BCUT2D eigenvalue weighted by molar-refractivity contribution is 7.10. The second kappa shape index (κ2) is 6.45. The van der Waals surface area contributed by atoms with Crippen LogP contribution >= 0.6 is 11.3 Å². The van der Waals surface area contributed by atoms with E-state index >= 15 is 0 Å². The van der Waals surface area contributed by atoms with Crippen LogP contribution in [0.3, 0.4) is 0 Å². The van der Waals surface area contributed by atoms with Crippen LogP contribution in [0, 0.1) is 13.8 Å².